The number of aryl methyl sites for hydroxylation is 1. The quantitative estimate of drug-likeness (QED) is 0.453. The monoisotopic (exact) mass is 383 g/mol. The summed E-state index contributed by atoms with van der Waals surface area (Å²) < 4.78 is 5.64. The molecule has 2 rings (SSSR count). The highest BCUT2D eigenvalue weighted by atomic mass is 16.6. The molecule has 8 nitrogen and oxygen atoms in total. The molecule has 28 heavy (non-hydrogen) atoms. The first kappa shape index (κ1) is 20.6. The number of nitrogens with one attached hydrogen (secondary N) is 2. The highest BCUT2D eigenvalue weighted by Gasteiger charge is 2.16. The molecule has 0 radical (unpaired) electrons. The molecule has 0 aliphatic carbocycles. The fraction of sp³-hybridized carbons (Fsp3) is 0.200. The number of hydrogen-bond acceptors (Lipinski definition) is 5. The Bertz CT molecular complexity index is 924. The number of nitrogens with zero attached hydrogens (tertiary/aromatic N) is 1. The standard InChI is InChI=1S/C20H21N3O5/c1-13-7-6-10-18(14(13)2)28-15(3)20(25)22-21-19(24)12-11-16-8-4-5-9-17(16)23(26)27/h4-12,15H,1-3H3,(H,21,24)(H,22,25)/b12-11+/t15-/m1/s1. The first-order valence-electron chi connectivity index (χ1n) is 8.53. The normalized spacial score (nSPS) is 11.7. The smallest absolute Gasteiger partial charge is 0.279 e. The lowest BCUT2D eigenvalue weighted by Crippen LogP contribution is -2.46. The van der Waals surface area contributed by atoms with Crippen LogP contribution in [0.3, 0.4) is 0 Å². The third-order valence-electron chi connectivity index (χ3n) is 4.08. The largest absolute Gasteiger partial charge is 0.481 e. The molecule has 1 atom stereocenters. The molecule has 0 saturated carbocycles. The lowest BCUT2D eigenvalue weighted by atomic mass is 10.1. The molecule has 2 aromatic carbocycles. The average molecular weight is 383 g/mol. The first-order chi connectivity index (χ1) is 13.3. The van der Waals surface area contributed by atoms with Gasteiger partial charge in [-0.15, -0.1) is 0 Å². The lowest BCUT2D eigenvalue weighted by Gasteiger charge is -2.17. The van der Waals surface area contributed by atoms with Crippen LogP contribution in [0.2, 0.25) is 0 Å². The van der Waals surface area contributed by atoms with Gasteiger partial charge in [-0.1, -0.05) is 24.3 Å². The van der Waals surface area contributed by atoms with Gasteiger partial charge in [0.2, 0.25) is 0 Å². The number of carbonyl (C=O) groups is 2. The van der Waals surface area contributed by atoms with Gasteiger partial charge in [0.05, 0.1) is 10.5 Å². The van der Waals surface area contributed by atoms with E-state index in [9.17, 15) is 19.7 Å². The predicted octanol–water partition coefficient (Wildman–Crippen LogP) is 2.84. The van der Waals surface area contributed by atoms with E-state index in [0.29, 0.717) is 5.75 Å². The number of rotatable bonds is 6. The summed E-state index contributed by atoms with van der Waals surface area (Å²) in [6.45, 7) is 5.40. The second-order valence-electron chi connectivity index (χ2n) is 6.09. The van der Waals surface area contributed by atoms with E-state index in [2.05, 4.69) is 10.9 Å². The number of para-hydroxylation sites is 1. The molecule has 146 valence electrons. The molecule has 0 aliphatic heterocycles. The number of hydrogen-bond donors (Lipinski definition) is 2. The van der Waals surface area contributed by atoms with E-state index in [1.54, 1.807) is 19.1 Å². The van der Waals surface area contributed by atoms with Crippen molar-refractivity contribution in [2.45, 2.75) is 26.9 Å². The molecular formula is C20H21N3O5. The molecular weight excluding hydrogens is 362 g/mol. The summed E-state index contributed by atoms with van der Waals surface area (Å²) in [6, 6.07) is 11.5. The summed E-state index contributed by atoms with van der Waals surface area (Å²) in [5.41, 5.74) is 6.61. The lowest BCUT2D eigenvalue weighted by molar-refractivity contribution is -0.385. The summed E-state index contributed by atoms with van der Waals surface area (Å²) in [5.74, 6) is -0.580. The van der Waals surface area contributed by atoms with Crippen LogP contribution in [0.25, 0.3) is 6.08 Å². The number of carbonyl (C=O) groups excluding carboxylic acids is 2. The van der Waals surface area contributed by atoms with Crippen molar-refractivity contribution < 1.29 is 19.2 Å². The number of ether oxygens (including phenoxy) is 1. The van der Waals surface area contributed by atoms with Gasteiger partial charge in [-0.05, 0) is 50.1 Å². The van der Waals surface area contributed by atoms with Gasteiger partial charge in [0.15, 0.2) is 6.10 Å². The van der Waals surface area contributed by atoms with E-state index >= 15 is 0 Å². The van der Waals surface area contributed by atoms with Gasteiger partial charge in [-0.3, -0.25) is 30.6 Å². The van der Waals surface area contributed by atoms with E-state index in [1.807, 2.05) is 26.0 Å². The van der Waals surface area contributed by atoms with E-state index in [0.717, 1.165) is 17.2 Å². The predicted molar refractivity (Wildman–Crippen MR) is 104 cm³/mol. The van der Waals surface area contributed by atoms with Crippen molar-refractivity contribution in [1.29, 1.82) is 0 Å². The van der Waals surface area contributed by atoms with Gasteiger partial charge in [-0.25, -0.2) is 0 Å². The summed E-state index contributed by atoms with van der Waals surface area (Å²) in [6.07, 6.45) is 1.56. The number of nitro benzene ring substituents is 1. The van der Waals surface area contributed by atoms with Gasteiger partial charge in [0, 0.05) is 12.1 Å². The maximum Gasteiger partial charge on any atom is 0.279 e. The molecule has 2 aromatic rings. The average Bonchev–Trinajstić information content (AvgIpc) is 2.68. The molecule has 0 heterocycles. The maximum atomic E-state index is 12.1. The molecule has 0 saturated heterocycles. The minimum absolute atomic E-state index is 0.119. The van der Waals surface area contributed by atoms with Crippen molar-refractivity contribution in [3.05, 3.63) is 75.3 Å². The zero-order valence-corrected chi connectivity index (χ0v) is 15.8. The van der Waals surface area contributed by atoms with Crippen LogP contribution in [-0.2, 0) is 9.59 Å². The maximum absolute atomic E-state index is 12.1. The number of nitro groups is 1. The van der Waals surface area contributed by atoms with Gasteiger partial charge >= 0.3 is 0 Å². The Balaban J connectivity index is 1.91. The minimum atomic E-state index is -0.833. The zero-order chi connectivity index (χ0) is 20.7. The molecule has 2 N–H and O–H groups in total. The summed E-state index contributed by atoms with van der Waals surface area (Å²) in [7, 11) is 0. The van der Waals surface area contributed by atoms with Crippen LogP contribution in [0.5, 0.6) is 5.75 Å². The third-order valence-corrected chi connectivity index (χ3v) is 4.08. The van der Waals surface area contributed by atoms with Crippen LogP contribution in [-0.4, -0.2) is 22.8 Å². The second-order valence-corrected chi connectivity index (χ2v) is 6.09. The Hall–Kier alpha value is -3.68. The zero-order valence-electron chi connectivity index (χ0n) is 15.8. The van der Waals surface area contributed by atoms with Crippen LogP contribution in [0.4, 0.5) is 5.69 Å². The number of benzene rings is 2. The van der Waals surface area contributed by atoms with E-state index in [4.69, 9.17) is 4.74 Å². The first-order valence-corrected chi connectivity index (χ1v) is 8.53. The van der Waals surface area contributed by atoms with Crippen LogP contribution < -0.4 is 15.6 Å². The third kappa shape index (κ3) is 5.41. The Kier molecular flexibility index (Phi) is 6.86. The molecule has 0 unspecified atom stereocenters. The van der Waals surface area contributed by atoms with Crippen LogP contribution in [0, 0.1) is 24.0 Å². The highest BCUT2D eigenvalue weighted by Crippen LogP contribution is 2.21. The summed E-state index contributed by atoms with van der Waals surface area (Å²) in [4.78, 5) is 34.4. The van der Waals surface area contributed by atoms with Crippen molar-refractivity contribution in [3.63, 3.8) is 0 Å². The molecule has 0 fully saturated rings. The van der Waals surface area contributed by atoms with Crippen LogP contribution in [0.15, 0.2) is 48.5 Å². The molecule has 8 heteroatoms. The highest BCUT2D eigenvalue weighted by molar-refractivity contribution is 5.94. The van der Waals surface area contributed by atoms with Crippen molar-refractivity contribution in [2.75, 3.05) is 0 Å². The van der Waals surface area contributed by atoms with Gasteiger partial charge in [0.25, 0.3) is 17.5 Å². The summed E-state index contributed by atoms with van der Waals surface area (Å²) >= 11 is 0. The Morgan fingerprint density at radius 1 is 1.11 bits per heavy atom. The second kappa shape index (κ2) is 9.31. The molecule has 0 aromatic heterocycles. The van der Waals surface area contributed by atoms with Crippen LogP contribution in [0.1, 0.15) is 23.6 Å². The van der Waals surface area contributed by atoms with Crippen molar-refractivity contribution in [2.24, 2.45) is 0 Å². The topological polar surface area (TPSA) is 111 Å². The molecule has 0 aliphatic rings. The number of amides is 2. The van der Waals surface area contributed by atoms with Crippen LogP contribution >= 0.6 is 0 Å². The van der Waals surface area contributed by atoms with Gasteiger partial charge < -0.3 is 4.74 Å². The Morgan fingerprint density at radius 2 is 1.82 bits per heavy atom. The summed E-state index contributed by atoms with van der Waals surface area (Å²) in [5, 5.41) is 11.0. The SMILES string of the molecule is Cc1cccc(O[C@H](C)C(=O)NNC(=O)/C=C/c2ccccc2[N+](=O)[O-])c1C. The fourth-order valence-electron chi connectivity index (χ4n) is 2.32. The van der Waals surface area contributed by atoms with Gasteiger partial charge in [-0.2, -0.15) is 0 Å². The van der Waals surface area contributed by atoms with Crippen molar-refractivity contribution in [1.82, 2.24) is 10.9 Å². The molecule has 0 spiro atoms. The van der Waals surface area contributed by atoms with Crippen molar-refractivity contribution >= 4 is 23.6 Å². The fourth-order valence-corrected chi connectivity index (χ4v) is 2.32. The van der Waals surface area contributed by atoms with E-state index in [1.165, 1.54) is 24.3 Å². The van der Waals surface area contributed by atoms with E-state index in [-0.39, 0.29) is 11.3 Å². The molecule has 0 bridgehead atoms. The van der Waals surface area contributed by atoms with E-state index < -0.39 is 22.8 Å². The Morgan fingerprint density at radius 3 is 2.54 bits per heavy atom. The molecule has 2 amide bonds. The minimum Gasteiger partial charge on any atom is -0.481 e. The Labute approximate surface area is 162 Å². The van der Waals surface area contributed by atoms with Crippen molar-refractivity contribution in [3.8, 4) is 5.75 Å². The van der Waals surface area contributed by atoms with Gasteiger partial charge in [0.1, 0.15) is 5.75 Å². The number of hydrazine groups is 1.